The van der Waals surface area contributed by atoms with E-state index < -0.39 is 18.4 Å². The number of rotatable bonds is 5. The number of aromatic nitrogens is 1. The number of H-pyrrole nitrogens is 1. The van der Waals surface area contributed by atoms with Crippen LogP contribution in [0.5, 0.6) is 11.5 Å². The zero-order valence-electron chi connectivity index (χ0n) is 15.6. The molecule has 1 heterocycles. The van der Waals surface area contributed by atoms with E-state index >= 15 is 0 Å². The van der Waals surface area contributed by atoms with Crippen LogP contribution in [0.1, 0.15) is 49.4 Å². The number of carbonyl (C=O) groups is 3. The van der Waals surface area contributed by atoms with E-state index in [2.05, 4.69) is 4.98 Å². The third kappa shape index (κ3) is 3.22. The highest BCUT2D eigenvalue weighted by atomic mass is 16.5. The third-order valence-electron chi connectivity index (χ3n) is 4.62. The quantitative estimate of drug-likeness (QED) is 0.354. The fourth-order valence-corrected chi connectivity index (χ4v) is 3.33. The number of aromatic amines is 1. The third-order valence-corrected chi connectivity index (χ3v) is 4.62. The summed E-state index contributed by atoms with van der Waals surface area (Å²) in [5.74, 6) is -2.14. The van der Waals surface area contributed by atoms with Gasteiger partial charge in [0.25, 0.3) is 0 Å². The van der Waals surface area contributed by atoms with Crippen molar-refractivity contribution in [2.45, 2.75) is 20.8 Å². The predicted molar refractivity (Wildman–Crippen MR) is 102 cm³/mol. The summed E-state index contributed by atoms with van der Waals surface area (Å²) >= 11 is 0. The number of ketones is 2. The van der Waals surface area contributed by atoms with E-state index in [9.17, 15) is 24.6 Å². The van der Waals surface area contributed by atoms with Gasteiger partial charge in [0.1, 0.15) is 17.1 Å². The summed E-state index contributed by atoms with van der Waals surface area (Å²) in [7, 11) is 0. The monoisotopic (exact) mass is 381 g/mol. The van der Waals surface area contributed by atoms with Crippen molar-refractivity contribution in [1.82, 2.24) is 4.98 Å². The second-order valence-corrected chi connectivity index (χ2v) is 6.52. The number of nitrogens with one attached hydrogen (secondary N) is 1. The maximum absolute atomic E-state index is 12.4. The normalized spacial score (nSPS) is 10.8. The Morgan fingerprint density at radius 2 is 1.71 bits per heavy atom. The molecule has 144 valence electrons. The van der Waals surface area contributed by atoms with Crippen LogP contribution in [-0.2, 0) is 4.74 Å². The molecule has 3 rings (SSSR count). The Morgan fingerprint density at radius 3 is 2.32 bits per heavy atom. The smallest absolute Gasteiger partial charge is 0.342 e. The summed E-state index contributed by atoms with van der Waals surface area (Å²) in [6, 6.07) is 7.60. The highest BCUT2D eigenvalue weighted by molar-refractivity contribution is 6.06. The Bertz CT molecular complexity index is 1130. The molecule has 0 fully saturated rings. The minimum absolute atomic E-state index is 0.168. The van der Waals surface area contributed by atoms with Gasteiger partial charge in [-0.2, -0.15) is 0 Å². The minimum Gasteiger partial charge on any atom is -0.507 e. The molecule has 0 spiro atoms. The molecule has 1 aromatic heterocycles. The van der Waals surface area contributed by atoms with E-state index in [0.717, 1.165) is 6.07 Å². The first-order valence-electron chi connectivity index (χ1n) is 8.56. The molecule has 3 aromatic rings. The molecule has 2 aromatic carbocycles. The predicted octanol–water partition coefficient (Wildman–Crippen LogP) is 3.44. The first kappa shape index (κ1) is 19.2. The van der Waals surface area contributed by atoms with Crippen molar-refractivity contribution >= 4 is 28.3 Å². The summed E-state index contributed by atoms with van der Waals surface area (Å²) in [6.45, 7) is 4.15. The van der Waals surface area contributed by atoms with Crippen LogP contribution in [0.3, 0.4) is 0 Å². The highest BCUT2D eigenvalue weighted by Crippen LogP contribution is 2.35. The van der Waals surface area contributed by atoms with Crippen LogP contribution in [0.2, 0.25) is 0 Å². The van der Waals surface area contributed by atoms with Gasteiger partial charge in [0.15, 0.2) is 12.4 Å². The Morgan fingerprint density at radius 1 is 1.07 bits per heavy atom. The number of hydrogen-bond donors (Lipinski definition) is 3. The van der Waals surface area contributed by atoms with Crippen LogP contribution in [-0.4, -0.2) is 39.3 Å². The van der Waals surface area contributed by atoms with E-state index in [1.54, 1.807) is 38.1 Å². The minimum atomic E-state index is -0.945. The molecule has 0 aliphatic heterocycles. The molecule has 0 atom stereocenters. The van der Waals surface area contributed by atoms with Crippen molar-refractivity contribution in [3.63, 3.8) is 0 Å². The van der Waals surface area contributed by atoms with Crippen LogP contribution in [0.4, 0.5) is 0 Å². The summed E-state index contributed by atoms with van der Waals surface area (Å²) in [4.78, 5) is 39.3. The fourth-order valence-electron chi connectivity index (χ4n) is 3.33. The molecule has 0 saturated heterocycles. The van der Waals surface area contributed by atoms with Gasteiger partial charge in [0.05, 0.1) is 5.69 Å². The lowest BCUT2D eigenvalue weighted by Gasteiger charge is -2.10. The number of fused-ring (bicyclic) bond motifs is 1. The molecule has 0 radical (unpaired) electrons. The first-order valence-corrected chi connectivity index (χ1v) is 8.56. The molecule has 0 saturated carbocycles. The average molecular weight is 381 g/mol. The Hall–Kier alpha value is -3.61. The van der Waals surface area contributed by atoms with Gasteiger partial charge in [0.2, 0.25) is 5.78 Å². The molecule has 28 heavy (non-hydrogen) atoms. The maximum atomic E-state index is 12.4. The van der Waals surface area contributed by atoms with Gasteiger partial charge < -0.3 is 19.9 Å². The topological polar surface area (TPSA) is 117 Å². The lowest BCUT2D eigenvalue weighted by atomic mass is 10.0. The van der Waals surface area contributed by atoms with E-state index in [1.165, 1.54) is 6.92 Å². The zero-order chi connectivity index (χ0) is 20.6. The molecule has 0 amide bonds. The molecular formula is C21H19NO6. The second-order valence-electron chi connectivity index (χ2n) is 6.52. The van der Waals surface area contributed by atoms with E-state index in [0.29, 0.717) is 27.6 Å². The average Bonchev–Trinajstić information content (AvgIpc) is 2.96. The second kappa shape index (κ2) is 7.19. The highest BCUT2D eigenvalue weighted by Gasteiger charge is 2.23. The molecule has 3 N–H and O–H groups in total. The number of ether oxygens (including phenoxy) is 1. The lowest BCUT2D eigenvalue weighted by molar-refractivity contribution is 0.0470. The number of Topliss-reactive ketones (excluding diaryl/α,β-unsaturated/α-hetero) is 2. The van der Waals surface area contributed by atoms with E-state index in [1.807, 2.05) is 0 Å². The van der Waals surface area contributed by atoms with Gasteiger partial charge >= 0.3 is 5.97 Å². The van der Waals surface area contributed by atoms with Crippen LogP contribution < -0.4 is 0 Å². The molecule has 0 aliphatic rings. The number of aryl methyl sites for hydroxylation is 1. The van der Waals surface area contributed by atoms with E-state index in [-0.39, 0.29) is 28.5 Å². The number of esters is 1. The maximum Gasteiger partial charge on any atom is 0.342 e. The van der Waals surface area contributed by atoms with Gasteiger partial charge in [-0.1, -0.05) is 24.3 Å². The number of phenolic OH excluding ortho intramolecular Hbond substituents is 2. The molecule has 0 bridgehead atoms. The van der Waals surface area contributed by atoms with Crippen molar-refractivity contribution in [3.05, 3.63) is 58.4 Å². The largest absolute Gasteiger partial charge is 0.507 e. The molecule has 7 heteroatoms. The molecular weight excluding hydrogens is 362 g/mol. The standard InChI is InChI=1S/C21H19NO6/c1-10-18(12(3)23)11(2)22-19(10)17(25)9-28-21(27)15-8-16(24)13-6-4-5-7-14(13)20(15)26/h4-8,22,24,26H,9H2,1-3H3. The van der Waals surface area contributed by atoms with Crippen LogP contribution in [0.25, 0.3) is 10.8 Å². The van der Waals surface area contributed by atoms with E-state index in [4.69, 9.17) is 4.74 Å². The summed E-state index contributed by atoms with van der Waals surface area (Å²) in [5, 5.41) is 21.1. The summed E-state index contributed by atoms with van der Waals surface area (Å²) in [6.07, 6.45) is 0. The number of hydrogen-bond acceptors (Lipinski definition) is 6. The van der Waals surface area contributed by atoms with Gasteiger partial charge in [-0.3, -0.25) is 9.59 Å². The van der Waals surface area contributed by atoms with Gasteiger partial charge in [-0.15, -0.1) is 0 Å². The van der Waals surface area contributed by atoms with Crippen LogP contribution in [0.15, 0.2) is 30.3 Å². The first-order chi connectivity index (χ1) is 13.2. The Balaban J connectivity index is 1.82. The molecule has 7 nitrogen and oxygen atoms in total. The zero-order valence-corrected chi connectivity index (χ0v) is 15.6. The lowest BCUT2D eigenvalue weighted by Crippen LogP contribution is -2.15. The Kier molecular flexibility index (Phi) is 4.92. The number of phenols is 2. The fraction of sp³-hybridized carbons (Fsp3) is 0.190. The van der Waals surface area contributed by atoms with Crippen molar-refractivity contribution in [2.24, 2.45) is 0 Å². The van der Waals surface area contributed by atoms with Crippen molar-refractivity contribution < 1.29 is 29.3 Å². The SMILES string of the molecule is CC(=O)c1c(C)[nH]c(C(=O)COC(=O)c2cc(O)c3ccccc3c2O)c1C. The van der Waals surface area contributed by atoms with Gasteiger partial charge in [-0.25, -0.2) is 4.79 Å². The number of aromatic hydroxyl groups is 2. The van der Waals surface area contributed by atoms with Crippen molar-refractivity contribution in [3.8, 4) is 11.5 Å². The van der Waals surface area contributed by atoms with Crippen LogP contribution >= 0.6 is 0 Å². The molecule has 0 aliphatic carbocycles. The van der Waals surface area contributed by atoms with Crippen molar-refractivity contribution in [1.29, 1.82) is 0 Å². The summed E-state index contributed by atoms with van der Waals surface area (Å²) < 4.78 is 5.03. The van der Waals surface area contributed by atoms with Gasteiger partial charge in [0, 0.05) is 22.0 Å². The van der Waals surface area contributed by atoms with Crippen LogP contribution in [0, 0.1) is 13.8 Å². The van der Waals surface area contributed by atoms with Gasteiger partial charge in [-0.05, 0) is 32.4 Å². The summed E-state index contributed by atoms with van der Waals surface area (Å²) in [5.41, 5.74) is 1.45. The Labute approximate surface area is 160 Å². The molecule has 0 unspecified atom stereocenters. The number of benzene rings is 2. The van der Waals surface area contributed by atoms with Crippen molar-refractivity contribution in [2.75, 3.05) is 6.61 Å². The number of carbonyl (C=O) groups excluding carboxylic acids is 3.